The number of carbonyl (C=O) groups excluding carboxylic acids is 3. The summed E-state index contributed by atoms with van der Waals surface area (Å²) in [5.74, 6) is -1.02. The smallest absolute Gasteiger partial charge is 0.306 e. The molecule has 0 heterocycles. The van der Waals surface area contributed by atoms with E-state index in [-0.39, 0.29) is 37.5 Å². The maximum atomic E-state index is 12.7. The minimum absolute atomic E-state index is 0.112. The van der Waals surface area contributed by atoms with Gasteiger partial charge in [-0.2, -0.15) is 0 Å². The van der Waals surface area contributed by atoms with Crippen molar-refractivity contribution in [1.82, 2.24) is 0 Å². The summed E-state index contributed by atoms with van der Waals surface area (Å²) in [6.07, 6.45) is 53.9. The normalized spacial score (nSPS) is 13.0. The highest BCUT2D eigenvalue weighted by molar-refractivity contribution is 5.71. The van der Waals surface area contributed by atoms with E-state index in [4.69, 9.17) is 14.2 Å². The molecule has 0 radical (unpaired) electrons. The summed E-state index contributed by atoms with van der Waals surface area (Å²) < 4.78 is 16.6. The van der Waals surface area contributed by atoms with Crippen molar-refractivity contribution >= 4 is 17.9 Å². The van der Waals surface area contributed by atoms with Crippen LogP contribution in [0.4, 0.5) is 0 Å². The lowest BCUT2D eigenvalue weighted by molar-refractivity contribution is -0.167. The number of rotatable bonds is 36. The number of unbranched alkanes of at least 4 members (excludes halogenated alkanes) is 12. The quantitative estimate of drug-likeness (QED) is 0.0209. The Morgan fingerprint density at radius 3 is 1.43 bits per heavy atom. The molecule has 0 saturated heterocycles. The van der Waals surface area contributed by atoms with Crippen molar-refractivity contribution < 1.29 is 28.6 Å². The van der Waals surface area contributed by atoms with Crippen molar-refractivity contribution in [2.24, 2.45) is 0 Å². The highest BCUT2D eigenvalue weighted by Gasteiger charge is 2.19. The van der Waals surface area contributed by atoms with Crippen molar-refractivity contribution in [2.75, 3.05) is 13.2 Å². The van der Waals surface area contributed by atoms with Crippen LogP contribution in [0.15, 0.2) is 97.2 Å². The van der Waals surface area contributed by atoms with Crippen molar-refractivity contribution in [2.45, 2.75) is 175 Å². The monoisotopic (exact) mass is 749 g/mol. The topological polar surface area (TPSA) is 78.9 Å². The molecule has 0 bridgehead atoms. The number of allylic oxidation sites excluding steroid dienone is 16. The zero-order chi connectivity index (χ0) is 39.4. The molecule has 1 unspecified atom stereocenters. The Morgan fingerprint density at radius 1 is 0.407 bits per heavy atom. The fourth-order valence-corrected chi connectivity index (χ4v) is 5.21. The Hall–Kier alpha value is -3.67. The van der Waals surface area contributed by atoms with Gasteiger partial charge in [-0.05, 0) is 89.9 Å². The van der Waals surface area contributed by atoms with Crippen LogP contribution in [0.5, 0.6) is 0 Å². The Kier molecular flexibility index (Phi) is 39.2. The zero-order valence-electron chi connectivity index (χ0n) is 34.4. The molecule has 0 aromatic carbocycles. The minimum Gasteiger partial charge on any atom is -0.462 e. The molecule has 0 rings (SSSR count). The van der Waals surface area contributed by atoms with Gasteiger partial charge < -0.3 is 14.2 Å². The van der Waals surface area contributed by atoms with Gasteiger partial charge in [0.25, 0.3) is 0 Å². The first-order chi connectivity index (χ1) is 26.5. The van der Waals surface area contributed by atoms with E-state index in [0.29, 0.717) is 19.3 Å². The Balaban J connectivity index is 4.55. The van der Waals surface area contributed by atoms with Gasteiger partial charge in [-0.15, -0.1) is 0 Å². The van der Waals surface area contributed by atoms with Crippen LogP contribution in [-0.2, 0) is 28.6 Å². The van der Waals surface area contributed by atoms with Crippen molar-refractivity contribution in [3.8, 4) is 0 Å². The molecule has 0 aliphatic heterocycles. The molecule has 0 saturated carbocycles. The van der Waals surface area contributed by atoms with Gasteiger partial charge in [0.15, 0.2) is 6.10 Å². The molecular weight excluding hydrogens is 673 g/mol. The van der Waals surface area contributed by atoms with Crippen LogP contribution in [0, 0.1) is 0 Å². The molecule has 6 heteroatoms. The molecule has 0 N–H and O–H groups in total. The molecular formula is C48H76O6. The summed E-state index contributed by atoms with van der Waals surface area (Å²) >= 11 is 0. The van der Waals surface area contributed by atoms with Gasteiger partial charge in [-0.1, -0.05) is 157 Å². The van der Waals surface area contributed by atoms with Gasteiger partial charge in [-0.25, -0.2) is 0 Å². The maximum absolute atomic E-state index is 12.7. The summed E-state index contributed by atoms with van der Waals surface area (Å²) in [5, 5.41) is 0. The Labute approximate surface area is 330 Å². The van der Waals surface area contributed by atoms with E-state index in [1.807, 2.05) is 36.5 Å². The summed E-state index contributed by atoms with van der Waals surface area (Å²) in [6.45, 7) is 6.22. The van der Waals surface area contributed by atoms with Gasteiger partial charge in [-0.3, -0.25) is 14.4 Å². The minimum atomic E-state index is -0.815. The number of carbonyl (C=O) groups is 3. The van der Waals surface area contributed by atoms with Gasteiger partial charge in [0, 0.05) is 19.3 Å². The molecule has 0 fully saturated rings. The molecule has 0 aromatic heterocycles. The molecule has 0 aliphatic carbocycles. The fourth-order valence-electron chi connectivity index (χ4n) is 5.21. The first kappa shape index (κ1) is 50.3. The predicted octanol–water partition coefficient (Wildman–Crippen LogP) is 13.5. The van der Waals surface area contributed by atoms with Crippen molar-refractivity contribution in [3.05, 3.63) is 97.2 Å². The van der Waals surface area contributed by atoms with E-state index >= 15 is 0 Å². The second-order valence-corrected chi connectivity index (χ2v) is 13.6. The molecule has 6 nitrogen and oxygen atoms in total. The largest absolute Gasteiger partial charge is 0.462 e. The molecule has 304 valence electrons. The molecule has 0 spiro atoms. The molecule has 0 aliphatic rings. The lowest BCUT2D eigenvalue weighted by Crippen LogP contribution is -2.30. The third-order valence-corrected chi connectivity index (χ3v) is 8.40. The Morgan fingerprint density at radius 2 is 0.815 bits per heavy atom. The van der Waals surface area contributed by atoms with E-state index in [0.717, 1.165) is 96.3 Å². The average molecular weight is 749 g/mol. The summed E-state index contributed by atoms with van der Waals surface area (Å²) in [5.41, 5.74) is 0. The maximum Gasteiger partial charge on any atom is 0.306 e. The first-order valence-corrected chi connectivity index (χ1v) is 21.3. The molecule has 0 amide bonds. The number of esters is 3. The highest BCUT2D eigenvalue weighted by atomic mass is 16.6. The SMILES string of the molecule is CC\C=C/C=C\C=C/C=C\CCCCCC(=O)OCC(COC(=O)CCCCCCC/C=C\CCCC)OC(=O)CCCC/C=C\C/C=C\C/C=C\CC. The molecule has 0 aromatic rings. The van der Waals surface area contributed by atoms with Crippen LogP contribution in [0.1, 0.15) is 168 Å². The second-order valence-electron chi connectivity index (χ2n) is 13.6. The number of hydrogen-bond donors (Lipinski definition) is 0. The Bertz CT molecular complexity index is 1140. The van der Waals surface area contributed by atoms with Gasteiger partial charge in [0.2, 0.25) is 0 Å². The van der Waals surface area contributed by atoms with E-state index in [2.05, 4.69) is 81.5 Å². The average Bonchev–Trinajstić information content (AvgIpc) is 3.17. The number of hydrogen-bond acceptors (Lipinski definition) is 6. The lowest BCUT2D eigenvalue weighted by Gasteiger charge is -2.18. The standard InChI is InChI=1S/C48H76O6/c1-4-7-10-13-16-19-22-24-27-29-32-35-38-41-47(50)53-44-45(43-52-46(49)40-37-34-31-28-25-21-18-15-12-9-6-3)54-48(51)42-39-36-33-30-26-23-20-17-14-11-8-5-2/h7-8,10-11,13,15-20,22,24,26-27,30,45H,4-6,9,12,14,21,23,25,28-29,31-44H2,1-3H3/b10-7-,11-8-,16-13-,18-15-,20-17-,22-19-,27-24-,30-26-. The summed E-state index contributed by atoms with van der Waals surface area (Å²) in [6, 6.07) is 0. The van der Waals surface area contributed by atoms with Crippen LogP contribution in [0.25, 0.3) is 0 Å². The second kappa shape index (κ2) is 42.1. The fraction of sp³-hybridized carbons (Fsp3) is 0.604. The molecule has 54 heavy (non-hydrogen) atoms. The lowest BCUT2D eigenvalue weighted by atomic mass is 10.1. The highest BCUT2D eigenvalue weighted by Crippen LogP contribution is 2.11. The van der Waals surface area contributed by atoms with Crippen LogP contribution in [-0.4, -0.2) is 37.2 Å². The summed E-state index contributed by atoms with van der Waals surface area (Å²) in [4.78, 5) is 37.6. The third-order valence-electron chi connectivity index (χ3n) is 8.40. The van der Waals surface area contributed by atoms with Gasteiger partial charge in [0.05, 0.1) is 0 Å². The van der Waals surface area contributed by atoms with Crippen LogP contribution in [0.2, 0.25) is 0 Å². The van der Waals surface area contributed by atoms with Crippen molar-refractivity contribution in [3.63, 3.8) is 0 Å². The number of ether oxygens (including phenoxy) is 3. The van der Waals surface area contributed by atoms with Gasteiger partial charge >= 0.3 is 17.9 Å². The van der Waals surface area contributed by atoms with Crippen LogP contribution >= 0.6 is 0 Å². The van der Waals surface area contributed by atoms with Crippen molar-refractivity contribution in [1.29, 1.82) is 0 Å². The predicted molar refractivity (Wildman–Crippen MR) is 228 cm³/mol. The van der Waals surface area contributed by atoms with E-state index in [9.17, 15) is 14.4 Å². The third kappa shape index (κ3) is 39.5. The van der Waals surface area contributed by atoms with Crippen LogP contribution < -0.4 is 0 Å². The van der Waals surface area contributed by atoms with E-state index in [1.165, 1.54) is 25.7 Å². The van der Waals surface area contributed by atoms with Crippen LogP contribution in [0.3, 0.4) is 0 Å². The zero-order valence-corrected chi connectivity index (χ0v) is 34.4. The molecule has 1 atom stereocenters. The summed E-state index contributed by atoms with van der Waals surface area (Å²) in [7, 11) is 0. The van der Waals surface area contributed by atoms with E-state index < -0.39 is 6.10 Å². The first-order valence-electron chi connectivity index (χ1n) is 21.3. The van der Waals surface area contributed by atoms with Gasteiger partial charge in [0.1, 0.15) is 13.2 Å². The van der Waals surface area contributed by atoms with E-state index in [1.54, 1.807) is 0 Å².